The average molecular weight is 316 g/mol. The van der Waals surface area contributed by atoms with Gasteiger partial charge in [0, 0.05) is 5.56 Å². The molecule has 3 rings (SSSR count). The molecule has 0 fully saturated rings. The fourth-order valence-electron chi connectivity index (χ4n) is 2.84. The van der Waals surface area contributed by atoms with Crippen molar-refractivity contribution in [2.24, 2.45) is 0 Å². The molecule has 0 bridgehead atoms. The number of halogens is 1. The Morgan fingerprint density at radius 1 is 1.18 bits per heavy atom. The molecule has 0 amide bonds. The average Bonchev–Trinajstić information content (AvgIpc) is 2.51. The summed E-state index contributed by atoms with van der Waals surface area (Å²) in [6, 6.07) is 7.31. The molecule has 0 radical (unpaired) electrons. The fraction of sp³-hybridized carbons (Fsp3) is 0.412. The summed E-state index contributed by atoms with van der Waals surface area (Å²) in [6.45, 7) is 6.08. The van der Waals surface area contributed by atoms with Crippen molar-refractivity contribution >= 4 is 17.4 Å². The van der Waals surface area contributed by atoms with Gasteiger partial charge in [-0.05, 0) is 49.9 Å². The summed E-state index contributed by atoms with van der Waals surface area (Å²) in [6.07, 6.45) is 1.38. The number of hydrogen-bond acceptors (Lipinski definition) is 4. The van der Waals surface area contributed by atoms with E-state index in [1.165, 1.54) is 0 Å². The maximum Gasteiger partial charge on any atom is 0.176 e. The lowest BCUT2D eigenvalue weighted by Crippen LogP contribution is -2.38. The van der Waals surface area contributed by atoms with E-state index in [4.69, 9.17) is 11.6 Å². The zero-order valence-electron chi connectivity index (χ0n) is 12.9. The van der Waals surface area contributed by atoms with Crippen LogP contribution in [0.1, 0.15) is 60.5 Å². The van der Waals surface area contributed by atoms with E-state index >= 15 is 0 Å². The van der Waals surface area contributed by atoms with Crippen molar-refractivity contribution in [1.82, 2.24) is 15.2 Å². The second-order valence-corrected chi connectivity index (χ2v) is 6.67. The van der Waals surface area contributed by atoms with Gasteiger partial charge in [0.25, 0.3) is 0 Å². The van der Waals surface area contributed by atoms with Gasteiger partial charge in [-0.1, -0.05) is 25.4 Å². The zero-order chi connectivity index (χ0) is 15.9. The Morgan fingerprint density at radius 3 is 2.59 bits per heavy atom. The Labute approximate surface area is 134 Å². The third-order valence-corrected chi connectivity index (χ3v) is 4.60. The quantitative estimate of drug-likeness (QED) is 0.792. The highest BCUT2D eigenvalue weighted by Crippen LogP contribution is 2.37. The van der Waals surface area contributed by atoms with Gasteiger partial charge in [-0.25, -0.2) is 4.98 Å². The number of pyridine rings is 1. The molecule has 0 saturated heterocycles. The third kappa shape index (κ3) is 2.41. The van der Waals surface area contributed by atoms with Crippen LogP contribution in [-0.2, 0) is 11.8 Å². The van der Waals surface area contributed by atoms with E-state index in [1.54, 1.807) is 12.1 Å². The molecule has 2 heterocycles. The highest BCUT2D eigenvalue weighted by atomic mass is 35.5. The molecule has 2 aromatic rings. The molecule has 2 aromatic heterocycles. The van der Waals surface area contributed by atoms with Crippen molar-refractivity contribution in [3.8, 4) is 0 Å². The van der Waals surface area contributed by atoms with Gasteiger partial charge in [0.1, 0.15) is 5.15 Å². The van der Waals surface area contributed by atoms with Crippen LogP contribution < -0.4 is 0 Å². The zero-order valence-corrected chi connectivity index (χ0v) is 13.7. The largest absolute Gasteiger partial charge is 0.293 e. The Bertz CT molecular complexity index is 727. The molecule has 1 aliphatic rings. The van der Waals surface area contributed by atoms with E-state index in [1.807, 2.05) is 19.1 Å². The van der Waals surface area contributed by atoms with E-state index in [9.17, 15) is 4.79 Å². The van der Waals surface area contributed by atoms with Crippen LogP contribution in [0.15, 0.2) is 24.3 Å². The maximum absolute atomic E-state index is 12.9. The highest BCUT2D eigenvalue weighted by Gasteiger charge is 2.42. The number of ketones is 1. The first-order chi connectivity index (χ1) is 10.4. The normalized spacial score (nSPS) is 21.0. The molecule has 1 aliphatic carbocycles. The molecule has 0 spiro atoms. The Hall–Kier alpha value is -1.81. The highest BCUT2D eigenvalue weighted by molar-refractivity contribution is 6.29. The van der Waals surface area contributed by atoms with Crippen LogP contribution in [0.4, 0.5) is 0 Å². The number of rotatable bonds is 2. The van der Waals surface area contributed by atoms with Crippen LogP contribution >= 0.6 is 11.6 Å². The molecule has 114 valence electrons. The van der Waals surface area contributed by atoms with E-state index in [-0.39, 0.29) is 5.78 Å². The molecule has 1 unspecified atom stereocenters. The molecule has 5 heteroatoms. The van der Waals surface area contributed by atoms with Gasteiger partial charge in [0.2, 0.25) is 0 Å². The smallest absolute Gasteiger partial charge is 0.176 e. The second kappa shape index (κ2) is 5.43. The van der Waals surface area contributed by atoms with Gasteiger partial charge in [0.15, 0.2) is 5.78 Å². The monoisotopic (exact) mass is 315 g/mol. The molecular weight excluding hydrogens is 298 g/mol. The standard InChI is InChI=1S/C17H18ClN3O/c1-10(2)12-5-6-14(21-20-12)17(3)9-8-13-11(16(17)22)4-7-15(18)19-13/h4-7,10H,8-9H2,1-3H3. The lowest BCUT2D eigenvalue weighted by molar-refractivity contribution is 0.0869. The molecule has 0 aliphatic heterocycles. The SMILES string of the molecule is CC(C)c1ccc(C2(C)CCc3nc(Cl)ccc3C2=O)nn1. The molecule has 22 heavy (non-hydrogen) atoms. The molecule has 0 saturated carbocycles. The first-order valence-electron chi connectivity index (χ1n) is 7.46. The number of fused-ring (bicyclic) bond motifs is 1. The van der Waals surface area contributed by atoms with Crippen LogP contribution in [0.2, 0.25) is 5.15 Å². The van der Waals surface area contributed by atoms with Gasteiger partial charge in [-0.3, -0.25) is 4.79 Å². The van der Waals surface area contributed by atoms with Crippen LogP contribution in [-0.4, -0.2) is 21.0 Å². The summed E-state index contributed by atoms with van der Waals surface area (Å²) in [5, 5.41) is 9.01. The van der Waals surface area contributed by atoms with E-state index in [2.05, 4.69) is 29.0 Å². The minimum Gasteiger partial charge on any atom is -0.293 e. The van der Waals surface area contributed by atoms with Gasteiger partial charge < -0.3 is 0 Å². The van der Waals surface area contributed by atoms with E-state index in [0.29, 0.717) is 29.5 Å². The van der Waals surface area contributed by atoms with Crippen molar-refractivity contribution < 1.29 is 4.79 Å². The Kier molecular flexibility index (Phi) is 3.73. The van der Waals surface area contributed by atoms with Crippen LogP contribution in [0.25, 0.3) is 0 Å². The summed E-state index contributed by atoms with van der Waals surface area (Å²) in [4.78, 5) is 17.2. The predicted molar refractivity (Wildman–Crippen MR) is 85.4 cm³/mol. The summed E-state index contributed by atoms with van der Waals surface area (Å²) in [5.74, 6) is 0.369. The first-order valence-corrected chi connectivity index (χ1v) is 7.84. The summed E-state index contributed by atoms with van der Waals surface area (Å²) < 4.78 is 0. The maximum atomic E-state index is 12.9. The van der Waals surface area contributed by atoms with Crippen LogP contribution in [0.3, 0.4) is 0 Å². The summed E-state index contributed by atoms with van der Waals surface area (Å²) >= 11 is 5.91. The number of nitrogens with zero attached hydrogens (tertiary/aromatic N) is 3. The number of Topliss-reactive ketones (excluding diaryl/α,β-unsaturated/α-hetero) is 1. The molecule has 0 N–H and O–H groups in total. The molecular formula is C17H18ClN3O. The van der Waals surface area contributed by atoms with Gasteiger partial charge in [-0.2, -0.15) is 10.2 Å². The van der Waals surface area contributed by atoms with Crippen molar-refractivity contribution in [3.63, 3.8) is 0 Å². The van der Waals surface area contributed by atoms with Crippen LogP contribution in [0.5, 0.6) is 0 Å². The fourth-order valence-corrected chi connectivity index (χ4v) is 3.01. The van der Waals surface area contributed by atoms with Crippen molar-refractivity contribution in [2.45, 2.75) is 44.9 Å². The van der Waals surface area contributed by atoms with E-state index < -0.39 is 5.41 Å². The predicted octanol–water partition coefficient (Wildman–Crippen LogP) is 3.74. The molecule has 0 aromatic carbocycles. The topological polar surface area (TPSA) is 55.7 Å². The summed E-state index contributed by atoms with van der Waals surface area (Å²) in [7, 11) is 0. The number of carbonyl (C=O) groups is 1. The Morgan fingerprint density at radius 2 is 1.95 bits per heavy atom. The van der Waals surface area contributed by atoms with E-state index in [0.717, 1.165) is 17.1 Å². The van der Waals surface area contributed by atoms with Gasteiger partial charge in [-0.15, -0.1) is 0 Å². The third-order valence-electron chi connectivity index (χ3n) is 4.39. The van der Waals surface area contributed by atoms with Crippen molar-refractivity contribution in [1.29, 1.82) is 0 Å². The molecule has 1 atom stereocenters. The van der Waals surface area contributed by atoms with Crippen molar-refractivity contribution in [2.75, 3.05) is 0 Å². The minimum atomic E-state index is -0.648. The lowest BCUT2D eigenvalue weighted by atomic mass is 9.71. The number of aromatic nitrogens is 3. The van der Waals surface area contributed by atoms with Crippen molar-refractivity contribution in [3.05, 3.63) is 52.1 Å². The van der Waals surface area contributed by atoms with Crippen LogP contribution in [0, 0.1) is 0 Å². The minimum absolute atomic E-state index is 0.0458. The lowest BCUT2D eigenvalue weighted by Gasteiger charge is -2.32. The first kappa shape index (κ1) is 15.1. The molecule has 4 nitrogen and oxygen atoms in total. The number of hydrogen-bond donors (Lipinski definition) is 0. The van der Waals surface area contributed by atoms with Gasteiger partial charge >= 0.3 is 0 Å². The second-order valence-electron chi connectivity index (χ2n) is 6.29. The Balaban J connectivity index is 2.00. The van der Waals surface area contributed by atoms with Gasteiger partial charge in [0.05, 0.1) is 22.5 Å². The number of carbonyl (C=O) groups excluding carboxylic acids is 1. The number of aryl methyl sites for hydroxylation is 1. The summed E-state index contributed by atoms with van der Waals surface area (Å²) in [5.41, 5.74) is 2.44.